The Bertz CT molecular complexity index is 313. The van der Waals surface area contributed by atoms with E-state index in [1.54, 1.807) is 6.07 Å². The first-order valence-corrected chi connectivity index (χ1v) is 4.41. The third-order valence-corrected chi connectivity index (χ3v) is 1.74. The maximum Gasteiger partial charge on any atom is 0.302 e. The predicted octanol–water partition coefficient (Wildman–Crippen LogP) is 2.88. The van der Waals surface area contributed by atoms with Crippen molar-refractivity contribution in [3.63, 3.8) is 0 Å². The molecule has 0 saturated carbocycles. The van der Waals surface area contributed by atoms with Gasteiger partial charge >= 0.3 is 5.97 Å². The number of halogens is 2. The quantitative estimate of drug-likeness (QED) is 0.705. The number of phenolic OH excluding ortho intramolecular Hbond substituents is 1. The van der Waals surface area contributed by atoms with E-state index in [0.29, 0.717) is 5.02 Å². The van der Waals surface area contributed by atoms with Crippen LogP contribution in [0.3, 0.4) is 0 Å². The average molecular weight is 237 g/mol. The Balaban J connectivity index is 0.000000292. The van der Waals surface area contributed by atoms with Crippen LogP contribution in [0.25, 0.3) is 0 Å². The molecule has 1 N–H and O–H groups in total. The fourth-order valence-corrected chi connectivity index (χ4v) is 0.890. The second kappa shape index (κ2) is 6.51. The molecule has 0 aliphatic heterocycles. The van der Waals surface area contributed by atoms with Gasteiger partial charge in [-0.05, 0) is 18.2 Å². The Labute approximate surface area is 92.2 Å². The monoisotopic (exact) mass is 236 g/mol. The molecular weight excluding hydrogens is 227 g/mol. The van der Waals surface area contributed by atoms with Crippen molar-refractivity contribution in [1.82, 2.24) is 0 Å². The minimum atomic E-state index is -0.245. The van der Waals surface area contributed by atoms with E-state index in [9.17, 15) is 4.79 Å². The molecule has 1 aromatic rings. The summed E-state index contributed by atoms with van der Waals surface area (Å²) in [6.07, 6.45) is 0. The standard InChI is InChI=1S/C6H4Cl2O.C3H6O2/c7-4-1-2-6(9)5(8)3-4;1-3(4)5-2/h1-3,9H;1-2H3. The Morgan fingerprint density at radius 1 is 1.43 bits per heavy atom. The molecule has 0 spiro atoms. The van der Waals surface area contributed by atoms with E-state index in [1.807, 2.05) is 0 Å². The van der Waals surface area contributed by atoms with Crippen molar-refractivity contribution < 1.29 is 14.6 Å². The number of phenols is 1. The Morgan fingerprint density at radius 3 is 2.21 bits per heavy atom. The highest BCUT2D eigenvalue weighted by Crippen LogP contribution is 2.25. The van der Waals surface area contributed by atoms with Crippen LogP contribution in [0.5, 0.6) is 5.75 Å². The Kier molecular flexibility index (Phi) is 6.08. The van der Waals surface area contributed by atoms with Crippen LogP contribution in [0.1, 0.15) is 6.92 Å². The molecule has 0 heterocycles. The van der Waals surface area contributed by atoms with E-state index in [4.69, 9.17) is 28.3 Å². The number of aromatic hydroxyl groups is 1. The number of carbonyl (C=O) groups excluding carboxylic acids is 1. The van der Waals surface area contributed by atoms with E-state index in [-0.39, 0.29) is 16.7 Å². The van der Waals surface area contributed by atoms with Gasteiger partial charge in [-0.2, -0.15) is 0 Å². The normalized spacial score (nSPS) is 8.57. The smallest absolute Gasteiger partial charge is 0.302 e. The first kappa shape index (κ1) is 13.1. The first-order valence-electron chi connectivity index (χ1n) is 3.66. The lowest BCUT2D eigenvalue weighted by Crippen LogP contribution is -1.88. The number of rotatable bonds is 0. The zero-order valence-electron chi connectivity index (χ0n) is 7.75. The second-order valence-electron chi connectivity index (χ2n) is 2.29. The molecule has 0 aliphatic rings. The third kappa shape index (κ3) is 5.67. The Morgan fingerprint density at radius 2 is 1.93 bits per heavy atom. The van der Waals surface area contributed by atoms with Gasteiger partial charge in [-0.3, -0.25) is 4.79 Å². The van der Waals surface area contributed by atoms with Gasteiger partial charge < -0.3 is 9.84 Å². The van der Waals surface area contributed by atoms with Crippen molar-refractivity contribution in [2.75, 3.05) is 7.11 Å². The highest BCUT2D eigenvalue weighted by atomic mass is 35.5. The zero-order valence-corrected chi connectivity index (χ0v) is 9.26. The molecular formula is C9H10Cl2O3. The van der Waals surface area contributed by atoms with E-state index in [1.165, 1.54) is 26.2 Å². The Hall–Kier alpha value is -0.930. The fourth-order valence-electron chi connectivity index (χ4n) is 0.481. The summed E-state index contributed by atoms with van der Waals surface area (Å²) in [6, 6.07) is 4.51. The highest BCUT2D eigenvalue weighted by Gasteiger charge is 1.95. The predicted molar refractivity (Wildman–Crippen MR) is 55.8 cm³/mol. The second-order valence-corrected chi connectivity index (χ2v) is 3.14. The van der Waals surface area contributed by atoms with Crippen molar-refractivity contribution >= 4 is 29.2 Å². The molecule has 14 heavy (non-hydrogen) atoms. The summed E-state index contributed by atoms with van der Waals surface area (Å²) >= 11 is 11.0. The lowest BCUT2D eigenvalue weighted by Gasteiger charge is -1.93. The SMILES string of the molecule is COC(C)=O.Oc1ccc(Cl)cc1Cl. The minimum absolute atomic E-state index is 0.0565. The summed E-state index contributed by atoms with van der Waals surface area (Å²) in [7, 11) is 1.35. The van der Waals surface area contributed by atoms with Gasteiger partial charge in [-0.25, -0.2) is 0 Å². The van der Waals surface area contributed by atoms with E-state index in [0.717, 1.165) is 0 Å². The molecule has 78 valence electrons. The molecule has 1 aromatic carbocycles. The maximum absolute atomic E-state index is 9.59. The number of methoxy groups -OCH3 is 1. The van der Waals surface area contributed by atoms with Crippen molar-refractivity contribution in [3.05, 3.63) is 28.2 Å². The molecule has 0 aromatic heterocycles. The van der Waals surface area contributed by atoms with Gasteiger partial charge in [-0.15, -0.1) is 0 Å². The summed E-state index contributed by atoms with van der Waals surface area (Å²) in [5, 5.41) is 9.66. The van der Waals surface area contributed by atoms with Gasteiger partial charge in [0, 0.05) is 11.9 Å². The summed E-state index contributed by atoms with van der Waals surface area (Å²) < 4.78 is 4.11. The number of esters is 1. The lowest BCUT2D eigenvalue weighted by molar-refractivity contribution is -0.137. The summed E-state index contributed by atoms with van der Waals surface area (Å²) in [4.78, 5) is 9.59. The summed E-state index contributed by atoms with van der Waals surface area (Å²) in [5.41, 5.74) is 0. The van der Waals surface area contributed by atoms with Crippen LogP contribution in [-0.4, -0.2) is 18.2 Å². The zero-order chi connectivity index (χ0) is 11.1. The maximum atomic E-state index is 9.59. The van der Waals surface area contributed by atoms with Gasteiger partial charge in [0.25, 0.3) is 0 Å². The van der Waals surface area contributed by atoms with Crippen LogP contribution in [0.4, 0.5) is 0 Å². The molecule has 0 radical (unpaired) electrons. The van der Waals surface area contributed by atoms with Crippen LogP contribution in [-0.2, 0) is 9.53 Å². The average Bonchev–Trinajstić information content (AvgIpc) is 2.13. The number of hydrogen-bond acceptors (Lipinski definition) is 3. The number of hydrogen-bond donors (Lipinski definition) is 1. The minimum Gasteiger partial charge on any atom is -0.506 e. The molecule has 1 rings (SSSR count). The van der Waals surface area contributed by atoms with Gasteiger partial charge in [0.05, 0.1) is 12.1 Å². The molecule has 3 nitrogen and oxygen atoms in total. The molecule has 0 amide bonds. The van der Waals surface area contributed by atoms with Crippen LogP contribution in [0.15, 0.2) is 18.2 Å². The molecule has 0 fully saturated rings. The number of benzene rings is 1. The van der Waals surface area contributed by atoms with Gasteiger partial charge in [0.2, 0.25) is 0 Å². The van der Waals surface area contributed by atoms with Crippen LogP contribution in [0.2, 0.25) is 10.0 Å². The highest BCUT2D eigenvalue weighted by molar-refractivity contribution is 6.35. The molecule has 0 atom stereocenters. The van der Waals surface area contributed by atoms with Crippen molar-refractivity contribution in [2.45, 2.75) is 6.92 Å². The van der Waals surface area contributed by atoms with Gasteiger partial charge in [-0.1, -0.05) is 23.2 Å². The van der Waals surface area contributed by atoms with E-state index in [2.05, 4.69) is 4.74 Å². The summed E-state index contributed by atoms with van der Waals surface area (Å²) in [6.45, 7) is 1.36. The first-order chi connectivity index (χ1) is 6.47. The molecule has 0 saturated heterocycles. The molecule has 0 aliphatic carbocycles. The number of carbonyl (C=O) groups is 1. The molecule has 0 bridgehead atoms. The van der Waals surface area contributed by atoms with Crippen LogP contribution < -0.4 is 0 Å². The van der Waals surface area contributed by atoms with E-state index < -0.39 is 0 Å². The van der Waals surface area contributed by atoms with Crippen molar-refractivity contribution in [2.24, 2.45) is 0 Å². The van der Waals surface area contributed by atoms with Crippen molar-refractivity contribution in [1.29, 1.82) is 0 Å². The largest absolute Gasteiger partial charge is 0.506 e. The van der Waals surface area contributed by atoms with Gasteiger partial charge in [0.15, 0.2) is 0 Å². The van der Waals surface area contributed by atoms with Crippen LogP contribution >= 0.6 is 23.2 Å². The topological polar surface area (TPSA) is 46.5 Å². The third-order valence-electron chi connectivity index (χ3n) is 1.20. The fraction of sp³-hybridized carbons (Fsp3) is 0.222. The molecule has 5 heteroatoms. The lowest BCUT2D eigenvalue weighted by atomic mass is 10.3. The van der Waals surface area contributed by atoms with Crippen LogP contribution in [0, 0.1) is 0 Å². The van der Waals surface area contributed by atoms with Crippen molar-refractivity contribution in [3.8, 4) is 5.75 Å². The summed E-state index contributed by atoms with van der Waals surface area (Å²) in [5.74, 6) is -0.189. The number of ether oxygens (including phenoxy) is 1. The van der Waals surface area contributed by atoms with Gasteiger partial charge in [0.1, 0.15) is 5.75 Å². The molecule has 0 unspecified atom stereocenters. The van der Waals surface area contributed by atoms with E-state index >= 15 is 0 Å².